The molecule has 3 atom stereocenters. The van der Waals surface area contributed by atoms with Crippen molar-refractivity contribution in [2.45, 2.75) is 51.4 Å². The van der Waals surface area contributed by atoms with Gasteiger partial charge in [0.2, 0.25) is 0 Å². The minimum atomic E-state index is 0.184. The lowest BCUT2D eigenvalue weighted by molar-refractivity contribution is -0.00544. The van der Waals surface area contributed by atoms with Crippen molar-refractivity contribution in [2.75, 3.05) is 55.8 Å². The van der Waals surface area contributed by atoms with E-state index in [1.54, 1.807) is 0 Å². The number of anilines is 2. The fourth-order valence-electron chi connectivity index (χ4n) is 4.98. The Kier molecular flexibility index (Phi) is 6.25. The van der Waals surface area contributed by atoms with E-state index in [4.69, 9.17) is 24.2 Å². The van der Waals surface area contributed by atoms with E-state index in [1.807, 2.05) is 12.1 Å². The molecule has 168 valence electrons. The number of benzene rings is 1. The topological polar surface area (TPSA) is 60.0 Å². The van der Waals surface area contributed by atoms with Crippen molar-refractivity contribution >= 4 is 22.7 Å². The highest BCUT2D eigenvalue weighted by atomic mass is 16.5. The van der Waals surface area contributed by atoms with Gasteiger partial charge in [0.25, 0.3) is 0 Å². The van der Waals surface area contributed by atoms with Crippen LogP contribution in [0.3, 0.4) is 0 Å². The molecule has 3 aliphatic heterocycles. The first-order valence-electron chi connectivity index (χ1n) is 11.8. The lowest BCUT2D eigenvalue weighted by Gasteiger charge is -2.39. The molecule has 1 aromatic carbocycles. The fraction of sp³-hybridized carbons (Fsp3) is 0.667. The lowest BCUT2D eigenvalue weighted by Crippen LogP contribution is -2.47. The summed E-state index contributed by atoms with van der Waals surface area (Å²) in [6.45, 7) is 10.4. The third-order valence-electron chi connectivity index (χ3n) is 6.59. The van der Waals surface area contributed by atoms with Gasteiger partial charge in [-0.25, -0.2) is 9.97 Å². The van der Waals surface area contributed by atoms with E-state index in [-0.39, 0.29) is 12.2 Å². The van der Waals surface area contributed by atoms with Crippen LogP contribution in [0.15, 0.2) is 24.3 Å². The number of morpholine rings is 1. The van der Waals surface area contributed by atoms with Crippen molar-refractivity contribution in [3.05, 3.63) is 24.3 Å². The molecule has 0 spiro atoms. The largest absolute Gasteiger partial charge is 0.381 e. The molecule has 0 N–H and O–H groups in total. The highest BCUT2D eigenvalue weighted by Gasteiger charge is 2.30. The van der Waals surface area contributed by atoms with Gasteiger partial charge in [0, 0.05) is 38.7 Å². The summed E-state index contributed by atoms with van der Waals surface area (Å²) < 4.78 is 17.7. The molecular weight excluding hydrogens is 392 g/mol. The SMILES string of the molecule is CC1CN(c2nc3ccccc3nc2N2CCC(OCC3CCOC3)CC2)CC(C)O1. The lowest BCUT2D eigenvalue weighted by atomic mass is 10.1. The molecule has 2 aromatic rings. The van der Waals surface area contributed by atoms with Gasteiger partial charge in [-0.3, -0.25) is 0 Å². The Balaban J connectivity index is 1.33. The van der Waals surface area contributed by atoms with E-state index >= 15 is 0 Å². The first-order valence-corrected chi connectivity index (χ1v) is 11.8. The molecule has 7 heteroatoms. The minimum Gasteiger partial charge on any atom is -0.381 e. The van der Waals surface area contributed by atoms with Crippen LogP contribution >= 0.6 is 0 Å². The maximum atomic E-state index is 6.23. The summed E-state index contributed by atoms with van der Waals surface area (Å²) in [5.74, 6) is 2.56. The monoisotopic (exact) mass is 426 g/mol. The van der Waals surface area contributed by atoms with E-state index < -0.39 is 0 Å². The molecule has 0 bridgehead atoms. The summed E-state index contributed by atoms with van der Waals surface area (Å²) in [6.07, 6.45) is 3.88. The average Bonchev–Trinajstić information content (AvgIpc) is 3.30. The number of hydrogen-bond acceptors (Lipinski definition) is 7. The Morgan fingerprint density at radius 1 is 0.935 bits per heavy atom. The first kappa shape index (κ1) is 20.9. The summed E-state index contributed by atoms with van der Waals surface area (Å²) in [7, 11) is 0. The quantitative estimate of drug-likeness (QED) is 0.727. The van der Waals surface area contributed by atoms with E-state index in [0.29, 0.717) is 12.0 Å². The van der Waals surface area contributed by atoms with Crippen LogP contribution in [0.1, 0.15) is 33.1 Å². The van der Waals surface area contributed by atoms with Crippen LogP contribution in [0.4, 0.5) is 11.6 Å². The van der Waals surface area contributed by atoms with E-state index in [9.17, 15) is 0 Å². The van der Waals surface area contributed by atoms with Crippen LogP contribution < -0.4 is 9.80 Å². The third kappa shape index (κ3) is 4.78. The predicted molar refractivity (Wildman–Crippen MR) is 122 cm³/mol. The summed E-state index contributed by atoms with van der Waals surface area (Å²) in [6, 6.07) is 8.17. The second-order valence-electron chi connectivity index (χ2n) is 9.27. The molecule has 3 saturated heterocycles. The smallest absolute Gasteiger partial charge is 0.172 e. The number of para-hydroxylation sites is 2. The van der Waals surface area contributed by atoms with Crippen LogP contribution in [-0.4, -0.2) is 74.3 Å². The predicted octanol–water partition coefficient (Wildman–Crippen LogP) is 3.27. The molecule has 0 radical (unpaired) electrons. The molecule has 3 unspecified atom stereocenters. The standard InChI is InChI=1S/C24H34N4O3/c1-17-13-28(14-18(2)31-17)24-23(25-21-5-3-4-6-22(21)26-24)27-10-7-20(8-11-27)30-16-19-9-12-29-15-19/h3-6,17-20H,7-16H2,1-2H3. The van der Waals surface area contributed by atoms with Gasteiger partial charge in [-0.2, -0.15) is 0 Å². The molecule has 7 nitrogen and oxygen atoms in total. The van der Waals surface area contributed by atoms with Crippen molar-refractivity contribution in [3.63, 3.8) is 0 Å². The number of hydrogen-bond donors (Lipinski definition) is 0. The highest BCUT2D eigenvalue weighted by Crippen LogP contribution is 2.32. The number of ether oxygens (including phenoxy) is 3. The molecule has 1 aromatic heterocycles. The maximum absolute atomic E-state index is 6.23. The summed E-state index contributed by atoms with van der Waals surface area (Å²) in [4.78, 5) is 14.9. The summed E-state index contributed by atoms with van der Waals surface area (Å²) in [5.41, 5.74) is 1.90. The van der Waals surface area contributed by atoms with Gasteiger partial charge in [-0.1, -0.05) is 12.1 Å². The molecular formula is C24H34N4O3. The van der Waals surface area contributed by atoms with Crippen molar-refractivity contribution < 1.29 is 14.2 Å². The Morgan fingerprint density at radius 3 is 2.19 bits per heavy atom. The molecule has 3 fully saturated rings. The molecule has 4 heterocycles. The zero-order valence-corrected chi connectivity index (χ0v) is 18.7. The van der Waals surface area contributed by atoms with Crippen LogP contribution in [0.5, 0.6) is 0 Å². The second-order valence-corrected chi connectivity index (χ2v) is 9.27. The van der Waals surface area contributed by atoms with Crippen LogP contribution in [0.2, 0.25) is 0 Å². The number of nitrogens with zero attached hydrogens (tertiary/aromatic N) is 4. The average molecular weight is 427 g/mol. The number of piperidine rings is 1. The van der Waals surface area contributed by atoms with Crippen molar-refractivity contribution in [1.82, 2.24) is 9.97 Å². The van der Waals surface area contributed by atoms with E-state index in [2.05, 4.69) is 35.8 Å². The van der Waals surface area contributed by atoms with Crippen LogP contribution in [0.25, 0.3) is 11.0 Å². The second kappa shape index (κ2) is 9.27. The zero-order chi connectivity index (χ0) is 21.2. The third-order valence-corrected chi connectivity index (χ3v) is 6.59. The van der Waals surface area contributed by atoms with Gasteiger partial charge in [0.1, 0.15) is 0 Å². The van der Waals surface area contributed by atoms with Crippen molar-refractivity contribution in [3.8, 4) is 0 Å². The molecule has 3 aliphatic rings. The Labute approximate surface area is 184 Å². The van der Waals surface area contributed by atoms with Crippen molar-refractivity contribution in [1.29, 1.82) is 0 Å². The molecule has 0 saturated carbocycles. The van der Waals surface area contributed by atoms with Gasteiger partial charge < -0.3 is 24.0 Å². The maximum Gasteiger partial charge on any atom is 0.172 e. The van der Waals surface area contributed by atoms with E-state index in [0.717, 1.165) is 87.9 Å². The van der Waals surface area contributed by atoms with Gasteiger partial charge in [-0.15, -0.1) is 0 Å². The summed E-state index contributed by atoms with van der Waals surface area (Å²) >= 11 is 0. The normalized spacial score (nSPS) is 27.9. The van der Waals surface area contributed by atoms with Gasteiger partial charge in [0.15, 0.2) is 11.6 Å². The Bertz CT molecular complexity index is 870. The highest BCUT2D eigenvalue weighted by molar-refractivity contribution is 5.81. The molecule has 5 rings (SSSR count). The Morgan fingerprint density at radius 2 is 1.58 bits per heavy atom. The van der Waals surface area contributed by atoms with Crippen molar-refractivity contribution in [2.24, 2.45) is 5.92 Å². The number of aromatic nitrogens is 2. The van der Waals surface area contributed by atoms with E-state index in [1.165, 1.54) is 0 Å². The number of fused-ring (bicyclic) bond motifs is 1. The summed E-state index contributed by atoms with van der Waals surface area (Å²) in [5, 5.41) is 0. The molecule has 0 amide bonds. The fourth-order valence-corrected chi connectivity index (χ4v) is 4.98. The zero-order valence-electron chi connectivity index (χ0n) is 18.7. The van der Waals surface area contributed by atoms with Gasteiger partial charge in [0.05, 0.1) is 42.6 Å². The Hall–Kier alpha value is -1.96. The number of rotatable bonds is 5. The van der Waals surface area contributed by atoms with Crippen LogP contribution in [0, 0.1) is 5.92 Å². The van der Waals surface area contributed by atoms with Gasteiger partial charge >= 0.3 is 0 Å². The van der Waals surface area contributed by atoms with Crippen LogP contribution in [-0.2, 0) is 14.2 Å². The first-order chi connectivity index (χ1) is 15.2. The minimum absolute atomic E-state index is 0.184. The molecule has 0 aliphatic carbocycles. The van der Waals surface area contributed by atoms with Gasteiger partial charge in [-0.05, 0) is 45.2 Å². The molecule has 31 heavy (non-hydrogen) atoms.